The molecule has 2 heteroatoms. The Morgan fingerprint density at radius 1 is 0.727 bits per heavy atom. The largest absolute Gasteiger partial charge is 0.327 e. The molecule has 0 unspecified atom stereocenters. The molecule has 0 saturated carbocycles. The smallest absolute Gasteiger partial charge is 0.0106 e. The van der Waals surface area contributed by atoms with Crippen LogP contribution in [0.3, 0.4) is 0 Å². The fourth-order valence-corrected chi connectivity index (χ4v) is 0.782. The van der Waals surface area contributed by atoms with Gasteiger partial charge < -0.3 is 11.5 Å². The van der Waals surface area contributed by atoms with E-state index in [0.717, 1.165) is 12.8 Å². The second-order valence-electron chi connectivity index (χ2n) is 2.35. The Bertz CT molecular complexity index is 103. The van der Waals surface area contributed by atoms with Crippen molar-refractivity contribution in [1.29, 1.82) is 0 Å². The standard InChI is InChI=1S/C9H18N2/c10-8-6-4-2-1-3-5-7-9-11/h4-7H,1-3,8-11H2/b6-4+,7-5+. The first-order valence-electron chi connectivity index (χ1n) is 4.12. The molecule has 0 aromatic heterocycles. The van der Waals surface area contributed by atoms with Crippen molar-refractivity contribution in [3.05, 3.63) is 24.3 Å². The maximum Gasteiger partial charge on any atom is 0.0106 e. The second-order valence-corrected chi connectivity index (χ2v) is 2.35. The van der Waals surface area contributed by atoms with Crippen molar-refractivity contribution in [1.82, 2.24) is 0 Å². The van der Waals surface area contributed by atoms with Crippen molar-refractivity contribution in [3.63, 3.8) is 0 Å². The summed E-state index contributed by atoms with van der Waals surface area (Å²) in [5.41, 5.74) is 10.5. The first-order valence-corrected chi connectivity index (χ1v) is 4.12. The molecule has 0 aliphatic heterocycles. The van der Waals surface area contributed by atoms with Crippen molar-refractivity contribution in [2.45, 2.75) is 19.3 Å². The third-order valence-corrected chi connectivity index (χ3v) is 1.35. The second kappa shape index (κ2) is 9.40. The number of allylic oxidation sites excluding steroid dienone is 2. The third-order valence-electron chi connectivity index (χ3n) is 1.35. The van der Waals surface area contributed by atoms with E-state index < -0.39 is 0 Å². The highest BCUT2D eigenvalue weighted by molar-refractivity contribution is 4.86. The summed E-state index contributed by atoms with van der Waals surface area (Å²) in [6, 6.07) is 0. The van der Waals surface area contributed by atoms with Gasteiger partial charge >= 0.3 is 0 Å². The summed E-state index contributed by atoms with van der Waals surface area (Å²) in [7, 11) is 0. The van der Waals surface area contributed by atoms with Crippen LogP contribution in [0.4, 0.5) is 0 Å². The van der Waals surface area contributed by atoms with Gasteiger partial charge in [-0.2, -0.15) is 0 Å². The Balaban J connectivity index is 3.02. The maximum atomic E-state index is 5.27. The van der Waals surface area contributed by atoms with Crippen LogP contribution in [0.1, 0.15) is 19.3 Å². The molecule has 0 aliphatic rings. The summed E-state index contributed by atoms with van der Waals surface area (Å²) >= 11 is 0. The number of hydrogen-bond acceptors (Lipinski definition) is 2. The Labute approximate surface area is 69.0 Å². The lowest BCUT2D eigenvalue weighted by Crippen LogP contribution is -1.92. The minimum atomic E-state index is 0.651. The van der Waals surface area contributed by atoms with E-state index in [4.69, 9.17) is 11.5 Å². The van der Waals surface area contributed by atoms with E-state index in [1.54, 1.807) is 0 Å². The molecule has 0 aromatic carbocycles. The van der Waals surface area contributed by atoms with Gasteiger partial charge in [0.15, 0.2) is 0 Å². The number of unbranched alkanes of at least 4 members (excludes halogenated alkanes) is 2. The van der Waals surface area contributed by atoms with Crippen LogP contribution in [0, 0.1) is 0 Å². The summed E-state index contributed by atoms with van der Waals surface area (Å²) in [5.74, 6) is 0. The van der Waals surface area contributed by atoms with Crippen LogP contribution in [-0.2, 0) is 0 Å². The van der Waals surface area contributed by atoms with Crippen LogP contribution in [0.2, 0.25) is 0 Å². The van der Waals surface area contributed by atoms with Crippen molar-refractivity contribution < 1.29 is 0 Å². The Morgan fingerprint density at radius 3 is 1.55 bits per heavy atom. The Morgan fingerprint density at radius 2 is 1.18 bits per heavy atom. The zero-order chi connectivity index (χ0) is 8.36. The first-order chi connectivity index (χ1) is 5.41. The van der Waals surface area contributed by atoms with Gasteiger partial charge in [-0.1, -0.05) is 24.3 Å². The molecule has 64 valence electrons. The van der Waals surface area contributed by atoms with E-state index in [2.05, 4.69) is 12.2 Å². The van der Waals surface area contributed by atoms with E-state index >= 15 is 0 Å². The number of rotatable bonds is 6. The lowest BCUT2D eigenvalue weighted by atomic mass is 10.2. The highest BCUT2D eigenvalue weighted by atomic mass is 14.5. The van der Waals surface area contributed by atoms with E-state index in [0.29, 0.717) is 13.1 Å². The predicted octanol–water partition coefficient (Wildman–Crippen LogP) is 1.19. The molecule has 0 amide bonds. The van der Waals surface area contributed by atoms with Crippen molar-refractivity contribution in [3.8, 4) is 0 Å². The monoisotopic (exact) mass is 154 g/mol. The molecule has 0 fully saturated rings. The molecule has 0 rings (SSSR count). The molecular formula is C9H18N2. The van der Waals surface area contributed by atoms with Crippen LogP contribution in [0.5, 0.6) is 0 Å². The molecular weight excluding hydrogens is 136 g/mol. The van der Waals surface area contributed by atoms with Gasteiger partial charge in [-0.15, -0.1) is 0 Å². The molecule has 0 aliphatic carbocycles. The van der Waals surface area contributed by atoms with Crippen LogP contribution in [-0.4, -0.2) is 13.1 Å². The third kappa shape index (κ3) is 9.40. The summed E-state index contributed by atoms with van der Waals surface area (Å²) in [4.78, 5) is 0. The normalized spacial score (nSPS) is 11.8. The molecule has 0 atom stereocenters. The molecule has 0 bridgehead atoms. The minimum absolute atomic E-state index is 0.651. The summed E-state index contributed by atoms with van der Waals surface area (Å²) < 4.78 is 0. The van der Waals surface area contributed by atoms with Gasteiger partial charge in [-0.05, 0) is 19.3 Å². The molecule has 0 aromatic rings. The van der Waals surface area contributed by atoms with E-state index in [1.807, 2.05) is 12.2 Å². The van der Waals surface area contributed by atoms with Crippen molar-refractivity contribution in [2.75, 3.05) is 13.1 Å². The van der Waals surface area contributed by atoms with Gasteiger partial charge in [-0.3, -0.25) is 0 Å². The lowest BCUT2D eigenvalue weighted by molar-refractivity contribution is 0.863. The molecule has 11 heavy (non-hydrogen) atoms. The zero-order valence-electron chi connectivity index (χ0n) is 7.00. The average Bonchev–Trinajstić information content (AvgIpc) is 2.03. The lowest BCUT2D eigenvalue weighted by Gasteiger charge is -1.89. The fraction of sp³-hybridized carbons (Fsp3) is 0.556. The average molecular weight is 154 g/mol. The quantitative estimate of drug-likeness (QED) is 0.446. The SMILES string of the molecule is NC/C=C/CCC/C=C/CN. The zero-order valence-corrected chi connectivity index (χ0v) is 7.00. The first kappa shape index (κ1) is 10.4. The molecule has 2 nitrogen and oxygen atoms in total. The Hall–Kier alpha value is -0.600. The summed E-state index contributed by atoms with van der Waals surface area (Å²) in [5, 5.41) is 0. The van der Waals surface area contributed by atoms with Crippen molar-refractivity contribution in [2.24, 2.45) is 11.5 Å². The van der Waals surface area contributed by atoms with Gasteiger partial charge in [0.1, 0.15) is 0 Å². The number of hydrogen-bond donors (Lipinski definition) is 2. The van der Waals surface area contributed by atoms with Crippen LogP contribution >= 0.6 is 0 Å². The minimum Gasteiger partial charge on any atom is -0.327 e. The van der Waals surface area contributed by atoms with Gasteiger partial charge in [0.25, 0.3) is 0 Å². The van der Waals surface area contributed by atoms with Gasteiger partial charge in [-0.25, -0.2) is 0 Å². The summed E-state index contributed by atoms with van der Waals surface area (Å²) in [6.07, 6.45) is 11.6. The van der Waals surface area contributed by atoms with Crippen LogP contribution in [0.15, 0.2) is 24.3 Å². The highest BCUT2D eigenvalue weighted by Crippen LogP contribution is 1.96. The molecule has 0 spiro atoms. The van der Waals surface area contributed by atoms with Crippen molar-refractivity contribution >= 4 is 0 Å². The Kier molecular flexibility index (Phi) is 8.89. The van der Waals surface area contributed by atoms with Crippen LogP contribution in [0.25, 0.3) is 0 Å². The number of nitrogens with two attached hydrogens (primary N) is 2. The van der Waals surface area contributed by atoms with Crippen LogP contribution < -0.4 is 11.5 Å². The molecule has 0 radical (unpaired) electrons. The van der Waals surface area contributed by atoms with E-state index in [1.165, 1.54) is 6.42 Å². The topological polar surface area (TPSA) is 52.0 Å². The van der Waals surface area contributed by atoms with E-state index in [-0.39, 0.29) is 0 Å². The van der Waals surface area contributed by atoms with Gasteiger partial charge in [0.2, 0.25) is 0 Å². The molecule has 4 N–H and O–H groups in total. The fourth-order valence-electron chi connectivity index (χ4n) is 0.782. The van der Waals surface area contributed by atoms with Gasteiger partial charge in [0.05, 0.1) is 0 Å². The highest BCUT2D eigenvalue weighted by Gasteiger charge is 1.78. The molecule has 0 heterocycles. The summed E-state index contributed by atoms with van der Waals surface area (Å²) in [6.45, 7) is 1.30. The van der Waals surface area contributed by atoms with E-state index in [9.17, 15) is 0 Å². The predicted molar refractivity (Wildman–Crippen MR) is 50.2 cm³/mol. The maximum absolute atomic E-state index is 5.27. The van der Waals surface area contributed by atoms with Gasteiger partial charge in [0, 0.05) is 13.1 Å². The molecule has 0 saturated heterocycles.